The van der Waals surface area contributed by atoms with Gasteiger partial charge in [0, 0.05) is 25.3 Å². The summed E-state index contributed by atoms with van der Waals surface area (Å²) >= 11 is 1.86. The molecule has 1 aromatic carbocycles. The van der Waals surface area contributed by atoms with Crippen molar-refractivity contribution in [2.75, 3.05) is 26.4 Å². The quantitative estimate of drug-likeness (QED) is 0.823. The van der Waals surface area contributed by atoms with E-state index in [1.54, 1.807) is 0 Å². The summed E-state index contributed by atoms with van der Waals surface area (Å²) in [5, 5.41) is 10.8. The summed E-state index contributed by atoms with van der Waals surface area (Å²) in [5.41, 5.74) is 2.59. The fraction of sp³-hybridized carbons (Fsp3) is 0.500. The number of rotatable bonds is 3. The lowest BCUT2D eigenvalue weighted by atomic mass is 10.0. The van der Waals surface area contributed by atoms with Crippen molar-refractivity contribution in [1.29, 1.82) is 0 Å². The highest BCUT2D eigenvalue weighted by atomic mass is 32.2. The lowest BCUT2D eigenvalue weighted by Crippen LogP contribution is -2.39. The molecule has 2 saturated heterocycles. The maximum absolute atomic E-state index is 10.8. The summed E-state index contributed by atoms with van der Waals surface area (Å²) in [6.07, 6.45) is 9.47. The third kappa shape index (κ3) is 2.90. The predicted molar refractivity (Wildman–Crippen MR) is 102 cm³/mol. The lowest BCUT2D eigenvalue weighted by Gasteiger charge is -2.27. The van der Waals surface area contributed by atoms with Crippen LogP contribution in [0.4, 0.5) is 0 Å². The molecule has 26 heavy (non-hydrogen) atoms. The molecular formula is C20H24N2O3S. The van der Waals surface area contributed by atoms with Crippen molar-refractivity contribution >= 4 is 11.9 Å². The first-order valence-corrected chi connectivity index (χ1v) is 10.1. The van der Waals surface area contributed by atoms with Crippen molar-refractivity contribution < 1.29 is 14.6 Å². The van der Waals surface area contributed by atoms with Gasteiger partial charge < -0.3 is 18.9 Å². The van der Waals surface area contributed by atoms with Crippen LogP contribution in [0, 0.1) is 0 Å². The van der Waals surface area contributed by atoms with E-state index in [1.165, 1.54) is 11.3 Å². The zero-order chi connectivity index (χ0) is 17.6. The number of allylic oxidation sites excluding steroid dienone is 4. The van der Waals surface area contributed by atoms with Gasteiger partial charge in [0.25, 0.3) is 0 Å². The van der Waals surface area contributed by atoms with Crippen LogP contribution in [0.15, 0.2) is 42.1 Å². The molecule has 0 aromatic heterocycles. The van der Waals surface area contributed by atoms with E-state index >= 15 is 0 Å². The number of fused-ring (bicyclic) bond motifs is 1. The Morgan fingerprint density at radius 3 is 3.08 bits per heavy atom. The molecule has 6 heteroatoms. The number of aliphatic hydroxyl groups is 1. The molecule has 2 fully saturated rings. The fourth-order valence-corrected chi connectivity index (χ4v) is 5.82. The molecule has 0 saturated carbocycles. The van der Waals surface area contributed by atoms with Gasteiger partial charge in [-0.05, 0) is 55.0 Å². The molecule has 5 rings (SSSR count). The number of nitrogens with zero attached hydrogens (tertiary/aromatic N) is 2. The summed E-state index contributed by atoms with van der Waals surface area (Å²) in [5.74, 6) is 1.68. The average molecular weight is 372 g/mol. The van der Waals surface area contributed by atoms with Gasteiger partial charge in [-0.3, -0.25) is 4.90 Å². The Hall–Kier alpha value is -1.63. The molecule has 1 N–H and O–H groups in total. The number of benzene rings is 1. The first-order chi connectivity index (χ1) is 12.7. The first kappa shape index (κ1) is 16.5. The van der Waals surface area contributed by atoms with Crippen molar-refractivity contribution in [2.24, 2.45) is 0 Å². The minimum atomic E-state index is -0.277. The molecule has 4 aliphatic rings. The van der Waals surface area contributed by atoms with Crippen molar-refractivity contribution in [2.45, 2.75) is 36.7 Å². The van der Waals surface area contributed by atoms with E-state index in [4.69, 9.17) is 9.47 Å². The van der Waals surface area contributed by atoms with Crippen molar-refractivity contribution in [1.82, 2.24) is 9.21 Å². The van der Waals surface area contributed by atoms with Crippen molar-refractivity contribution in [3.8, 4) is 11.5 Å². The number of hydrogen-bond donors (Lipinski definition) is 1. The third-order valence-electron chi connectivity index (χ3n) is 5.74. The van der Waals surface area contributed by atoms with Crippen LogP contribution in [0.2, 0.25) is 0 Å². The minimum absolute atomic E-state index is 0.0711. The van der Waals surface area contributed by atoms with E-state index < -0.39 is 0 Å². The van der Waals surface area contributed by atoms with Gasteiger partial charge >= 0.3 is 0 Å². The van der Waals surface area contributed by atoms with Gasteiger partial charge in [0.15, 0.2) is 11.5 Å². The van der Waals surface area contributed by atoms with Crippen molar-refractivity contribution in [3.63, 3.8) is 0 Å². The van der Waals surface area contributed by atoms with E-state index in [9.17, 15) is 5.11 Å². The van der Waals surface area contributed by atoms with Crippen LogP contribution in [0.3, 0.4) is 0 Å². The highest BCUT2D eigenvalue weighted by Crippen LogP contribution is 2.48. The minimum Gasteiger partial charge on any atom is -0.454 e. The van der Waals surface area contributed by atoms with E-state index in [1.807, 2.05) is 18.0 Å². The van der Waals surface area contributed by atoms with E-state index in [-0.39, 0.29) is 10.9 Å². The number of hydrogen-bond acceptors (Lipinski definition) is 6. The average Bonchev–Trinajstić information content (AvgIpc) is 3.36. The number of β-amino-alcohol motifs (C(OH)–C–C–N with tert-alkyl or cyclic N) is 1. The zero-order valence-electron chi connectivity index (χ0n) is 14.8. The van der Waals surface area contributed by atoms with Crippen LogP contribution >= 0.6 is 11.9 Å². The molecule has 0 bridgehead atoms. The maximum atomic E-state index is 10.8. The Morgan fingerprint density at radius 2 is 2.19 bits per heavy atom. The Kier molecular flexibility index (Phi) is 4.14. The molecular weight excluding hydrogens is 348 g/mol. The molecule has 0 amide bonds. The Labute approximate surface area is 158 Å². The lowest BCUT2D eigenvalue weighted by molar-refractivity contribution is 0.131. The molecule has 1 aliphatic carbocycles. The van der Waals surface area contributed by atoms with Gasteiger partial charge in [0.05, 0.1) is 17.4 Å². The second-order valence-electron chi connectivity index (χ2n) is 7.51. The molecule has 138 valence electrons. The number of ether oxygens (including phenoxy) is 2. The number of likely N-dealkylation sites (tertiary alicyclic amines) is 1. The van der Waals surface area contributed by atoms with Crippen LogP contribution in [0.25, 0.3) is 0 Å². The van der Waals surface area contributed by atoms with E-state index in [0.717, 1.165) is 56.9 Å². The second-order valence-corrected chi connectivity index (χ2v) is 8.94. The molecule has 0 unspecified atom stereocenters. The molecule has 0 radical (unpaired) electrons. The second kappa shape index (κ2) is 6.51. The van der Waals surface area contributed by atoms with E-state index in [2.05, 4.69) is 39.6 Å². The van der Waals surface area contributed by atoms with Crippen LogP contribution in [0.1, 0.15) is 24.8 Å². The molecule has 2 atom stereocenters. The van der Waals surface area contributed by atoms with E-state index in [0.29, 0.717) is 6.79 Å². The predicted octanol–water partition coefficient (Wildman–Crippen LogP) is 2.92. The highest BCUT2D eigenvalue weighted by molar-refractivity contribution is 7.98. The normalized spacial score (nSPS) is 30.4. The van der Waals surface area contributed by atoms with Crippen molar-refractivity contribution in [3.05, 3.63) is 47.7 Å². The fourth-order valence-electron chi connectivity index (χ4n) is 4.28. The van der Waals surface area contributed by atoms with Gasteiger partial charge in [-0.25, -0.2) is 0 Å². The third-order valence-corrected chi connectivity index (χ3v) is 7.31. The van der Waals surface area contributed by atoms with Crippen LogP contribution < -0.4 is 9.47 Å². The van der Waals surface area contributed by atoms with Gasteiger partial charge in [0.1, 0.15) is 0 Å². The van der Waals surface area contributed by atoms with Gasteiger partial charge in [-0.15, -0.1) is 0 Å². The van der Waals surface area contributed by atoms with Crippen LogP contribution in [0.5, 0.6) is 11.5 Å². The monoisotopic (exact) mass is 372 g/mol. The first-order valence-electron chi connectivity index (χ1n) is 9.33. The summed E-state index contributed by atoms with van der Waals surface area (Å²) in [6.45, 7) is 3.88. The summed E-state index contributed by atoms with van der Waals surface area (Å²) in [6, 6.07) is 6.19. The molecule has 3 heterocycles. The SMILES string of the molecule is O[C@H]1CN(C2=CC=CCC2)S[C@@]12CCN(Cc1ccc3c(c1)OCO3)C2. The van der Waals surface area contributed by atoms with Gasteiger partial charge in [-0.1, -0.05) is 18.2 Å². The van der Waals surface area contributed by atoms with Crippen LogP contribution in [-0.4, -0.2) is 51.6 Å². The highest BCUT2D eigenvalue weighted by Gasteiger charge is 2.51. The number of aliphatic hydroxyl groups excluding tert-OH is 1. The molecule has 1 aromatic rings. The summed E-state index contributed by atoms with van der Waals surface area (Å²) in [4.78, 5) is 2.45. The maximum Gasteiger partial charge on any atom is 0.231 e. The molecule has 3 aliphatic heterocycles. The Morgan fingerprint density at radius 1 is 1.27 bits per heavy atom. The molecule has 5 nitrogen and oxygen atoms in total. The molecule has 1 spiro atoms. The van der Waals surface area contributed by atoms with Gasteiger partial charge in [0.2, 0.25) is 6.79 Å². The zero-order valence-corrected chi connectivity index (χ0v) is 15.6. The largest absolute Gasteiger partial charge is 0.454 e. The van der Waals surface area contributed by atoms with Gasteiger partial charge in [-0.2, -0.15) is 0 Å². The standard InChI is InChI=1S/C20H24N2O3S/c23-19-12-22(16-4-2-1-3-5-16)26-20(19)8-9-21(13-20)11-15-6-7-17-18(10-15)25-14-24-17/h1-2,4,6-7,10,19,23H,3,5,8-9,11-14H2/t19-,20+/m0/s1. The Balaban J connectivity index is 1.26. The summed E-state index contributed by atoms with van der Waals surface area (Å²) in [7, 11) is 0. The summed E-state index contributed by atoms with van der Waals surface area (Å²) < 4.78 is 13.1. The smallest absolute Gasteiger partial charge is 0.231 e. The topological polar surface area (TPSA) is 45.2 Å². The van der Waals surface area contributed by atoms with Crippen LogP contribution in [-0.2, 0) is 6.54 Å². The Bertz CT molecular complexity index is 765.